The van der Waals surface area contributed by atoms with E-state index in [1.165, 1.54) is 11.8 Å². The summed E-state index contributed by atoms with van der Waals surface area (Å²) in [5.74, 6) is -0.190. The van der Waals surface area contributed by atoms with Crippen molar-refractivity contribution in [1.29, 1.82) is 0 Å². The van der Waals surface area contributed by atoms with Gasteiger partial charge >= 0.3 is 0 Å². The van der Waals surface area contributed by atoms with Gasteiger partial charge in [-0.3, -0.25) is 9.59 Å². The van der Waals surface area contributed by atoms with Crippen LogP contribution in [0, 0.1) is 5.41 Å². The van der Waals surface area contributed by atoms with Crippen molar-refractivity contribution in [3.63, 3.8) is 0 Å². The van der Waals surface area contributed by atoms with Crippen LogP contribution in [0.4, 0.5) is 0 Å². The highest BCUT2D eigenvalue weighted by molar-refractivity contribution is 8.01. The Morgan fingerprint density at radius 1 is 1.45 bits per heavy atom. The molecule has 0 aromatic heterocycles. The van der Waals surface area contributed by atoms with E-state index in [4.69, 9.17) is 0 Å². The largest absolute Gasteiger partial charge is 0.342 e. The van der Waals surface area contributed by atoms with Crippen LogP contribution in [0.5, 0.6) is 0 Å². The normalized spacial score (nSPS) is 27.4. The number of piperidine rings is 1. The third-order valence-electron chi connectivity index (χ3n) is 4.30. The molecular weight excluding hydrogens is 273 g/mol. The molecular formula is C14H24BNO3S. The molecule has 2 unspecified atom stereocenters. The van der Waals surface area contributed by atoms with Crippen LogP contribution in [0.25, 0.3) is 0 Å². The first-order valence-corrected chi connectivity index (χ1v) is 8.04. The molecule has 1 aliphatic heterocycles. The van der Waals surface area contributed by atoms with Crippen LogP contribution in [0.15, 0.2) is 0 Å². The minimum atomic E-state index is -1.11. The SMILES string of the molecule is CBC(=O)C(C)(C)C1(C)NC(=O)C(SC(C)C)CC1=O. The lowest BCUT2D eigenvalue weighted by molar-refractivity contribution is -0.144. The van der Waals surface area contributed by atoms with Crippen LogP contribution in [-0.2, 0) is 14.4 Å². The summed E-state index contributed by atoms with van der Waals surface area (Å²) >= 11 is 1.49. The highest BCUT2D eigenvalue weighted by Crippen LogP contribution is 2.38. The highest BCUT2D eigenvalue weighted by atomic mass is 32.2. The summed E-state index contributed by atoms with van der Waals surface area (Å²) in [4.78, 5) is 36.9. The van der Waals surface area contributed by atoms with E-state index in [2.05, 4.69) is 5.32 Å². The average molecular weight is 297 g/mol. The van der Waals surface area contributed by atoms with Crippen LogP contribution in [0.3, 0.4) is 0 Å². The molecule has 112 valence electrons. The van der Waals surface area contributed by atoms with Gasteiger partial charge in [0.25, 0.3) is 0 Å². The van der Waals surface area contributed by atoms with Crippen molar-refractivity contribution in [2.45, 2.75) is 63.9 Å². The quantitative estimate of drug-likeness (QED) is 0.779. The Kier molecular flexibility index (Phi) is 5.11. The molecule has 1 N–H and O–H groups in total. The first-order chi connectivity index (χ1) is 9.06. The lowest BCUT2D eigenvalue weighted by atomic mass is 9.55. The lowest BCUT2D eigenvalue weighted by Crippen LogP contribution is -2.68. The van der Waals surface area contributed by atoms with E-state index in [-0.39, 0.29) is 34.3 Å². The van der Waals surface area contributed by atoms with Crippen molar-refractivity contribution in [3.05, 3.63) is 0 Å². The predicted molar refractivity (Wildman–Crippen MR) is 84.5 cm³/mol. The van der Waals surface area contributed by atoms with Crippen molar-refractivity contribution in [3.8, 4) is 0 Å². The summed E-state index contributed by atoms with van der Waals surface area (Å²) < 4.78 is 0. The molecule has 0 radical (unpaired) electrons. The zero-order valence-corrected chi connectivity index (χ0v) is 14.0. The molecule has 20 heavy (non-hydrogen) atoms. The maximum absolute atomic E-state index is 12.5. The zero-order chi connectivity index (χ0) is 15.7. The number of carbonyl (C=O) groups excluding carboxylic acids is 3. The number of nitrogens with one attached hydrogen (secondary N) is 1. The lowest BCUT2D eigenvalue weighted by Gasteiger charge is -2.46. The summed E-state index contributed by atoms with van der Waals surface area (Å²) in [6.45, 7) is 10.9. The van der Waals surface area contributed by atoms with E-state index in [0.29, 0.717) is 7.28 Å². The topological polar surface area (TPSA) is 63.2 Å². The molecule has 1 saturated heterocycles. The molecule has 6 heteroatoms. The van der Waals surface area contributed by atoms with Crippen molar-refractivity contribution < 1.29 is 14.4 Å². The van der Waals surface area contributed by atoms with Gasteiger partial charge in [0.1, 0.15) is 5.54 Å². The number of ketones is 1. The van der Waals surface area contributed by atoms with Gasteiger partial charge in [0.15, 0.2) is 5.78 Å². The molecule has 1 rings (SSSR count). The number of thioether (sulfide) groups is 1. The molecule has 1 aliphatic rings. The molecule has 1 amide bonds. The van der Waals surface area contributed by atoms with Crippen molar-refractivity contribution in [2.24, 2.45) is 5.41 Å². The van der Waals surface area contributed by atoms with E-state index in [1.54, 1.807) is 27.6 Å². The number of carbonyl (C=O) groups is 3. The molecule has 1 heterocycles. The summed E-state index contributed by atoms with van der Waals surface area (Å²) in [7, 11) is 0.357. The first-order valence-electron chi connectivity index (χ1n) is 7.10. The average Bonchev–Trinajstić information content (AvgIpc) is 2.34. The van der Waals surface area contributed by atoms with Gasteiger partial charge in [0.2, 0.25) is 13.2 Å². The Morgan fingerprint density at radius 3 is 2.45 bits per heavy atom. The summed E-state index contributed by atoms with van der Waals surface area (Å²) in [5.41, 5.74) is -2.00. The Labute approximate surface area is 126 Å². The maximum Gasteiger partial charge on any atom is 0.234 e. The Hall–Kier alpha value is -0.775. The molecule has 4 nitrogen and oxygen atoms in total. The van der Waals surface area contributed by atoms with Crippen molar-refractivity contribution >= 4 is 36.4 Å². The summed E-state index contributed by atoms with van der Waals surface area (Å²) in [5, 5.41) is 2.76. The van der Waals surface area contributed by atoms with Gasteiger partial charge in [0.05, 0.1) is 10.9 Å². The smallest absolute Gasteiger partial charge is 0.234 e. The van der Waals surface area contributed by atoms with Gasteiger partial charge in [-0.05, 0) is 12.2 Å². The van der Waals surface area contributed by atoms with E-state index in [1.807, 2.05) is 13.8 Å². The van der Waals surface area contributed by atoms with Crippen LogP contribution < -0.4 is 5.32 Å². The number of amides is 1. The van der Waals surface area contributed by atoms with Crippen LogP contribution >= 0.6 is 11.8 Å². The fourth-order valence-electron chi connectivity index (χ4n) is 2.53. The van der Waals surface area contributed by atoms with Crippen LogP contribution in [-0.4, -0.2) is 40.7 Å². The number of rotatable bonds is 5. The van der Waals surface area contributed by atoms with Gasteiger partial charge < -0.3 is 10.1 Å². The fourth-order valence-corrected chi connectivity index (χ4v) is 3.61. The number of hydrogen-bond acceptors (Lipinski definition) is 4. The third kappa shape index (κ3) is 2.95. The zero-order valence-electron chi connectivity index (χ0n) is 13.2. The Balaban J connectivity index is 3.03. The van der Waals surface area contributed by atoms with Gasteiger partial charge in [-0.25, -0.2) is 0 Å². The molecule has 0 aliphatic carbocycles. The predicted octanol–water partition coefficient (Wildman–Crippen LogP) is 1.38. The molecule has 1 fully saturated rings. The number of Topliss-reactive ketones (excluding diaryl/α,β-unsaturated/α-hetero) is 1. The standard InChI is InChI=1S/C14H24BNO3S/c1-8(2)20-9-7-10(17)14(5,16-11(9)18)13(3,4)12(19)15-6/h8-9,15H,7H2,1-6H3,(H,16,18). The third-order valence-corrected chi connectivity index (χ3v) is 5.55. The Bertz CT molecular complexity index is 436. The van der Waals surface area contributed by atoms with Gasteiger partial charge in [0, 0.05) is 11.8 Å². The van der Waals surface area contributed by atoms with Crippen LogP contribution in [0.1, 0.15) is 41.0 Å². The maximum atomic E-state index is 12.5. The minimum Gasteiger partial charge on any atom is -0.342 e. The molecule has 0 aromatic carbocycles. The minimum absolute atomic E-state index is 0.0105. The molecule has 0 saturated carbocycles. The second-order valence-electron chi connectivity index (χ2n) is 6.32. The second-order valence-corrected chi connectivity index (χ2v) is 8.10. The molecule has 0 spiro atoms. The van der Waals surface area contributed by atoms with E-state index >= 15 is 0 Å². The second kappa shape index (κ2) is 5.92. The fraction of sp³-hybridized carbons (Fsp3) is 0.786. The highest BCUT2D eigenvalue weighted by Gasteiger charge is 2.54. The molecule has 0 bridgehead atoms. The van der Waals surface area contributed by atoms with E-state index in [9.17, 15) is 14.4 Å². The Morgan fingerprint density at radius 2 is 2.00 bits per heavy atom. The van der Waals surface area contributed by atoms with E-state index in [0.717, 1.165) is 0 Å². The van der Waals surface area contributed by atoms with Gasteiger partial charge in [-0.2, -0.15) is 0 Å². The van der Waals surface area contributed by atoms with Crippen LogP contribution in [0.2, 0.25) is 6.82 Å². The molecule has 0 aromatic rings. The van der Waals surface area contributed by atoms with E-state index < -0.39 is 11.0 Å². The number of hydrogen-bond donors (Lipinski definition) is 1. The van der Waals surface area contributed by atoms with Gasteiger partial charge in [-0.1, -0.05) is 34.5 Å². The van der Waals surface area contributed by atoms with Crippen molar-refractivity contribution in [2.75, 3.05) is 0 Å². The first kappa shape index (κ1) is 17.3. The summed E-state index contributed by atoms with van der Waals surface area (Å²) in [6.07, 6.45) is 0.200. The van der Waals surface area contributed by atoms with Gasteiger partial charge in [-0.15, -0.1) is 11.8 Å². The molecule has 2 atom stereocenters. The summed E-state index contributed by atoms with van der Waals surface area (Å²) in [6, 6.07) is 0. The monoisotopic (exact) mass is 297 g/mol. The van der Waals surface area contributed by atoms with Crippen molar-refractivity contribution in [1.82, 2.24) is 5.32 Å².